The van der Waals surface area contributed by atoms with E-state index in [1.54, 1.807) is 69.8 Å². The number of phenols is 1. The average molecular weight is 634 g/mol. The molecule has 0 saturated carbocycles. The zero-order valence-corrected chi connectivity index (χ0v) is 28.2. The number of carbonyl (C=O) groups excluding carboxylic acids is 3. The van der Waals surface area contributed by atoms with E-state index in [1.807, 2.05) is 19.2 Å². The molecule has 0 aliphatic carbocycles. The second-order valence-corrected chi connectivity index (χ2v) is 13.2. The van der Waals surface area contributed by atoms with Gasteiger partial charge in [-0.3, -0.25) is 9.59 Å². The van der Waals surface area contributed by atoms with Gasteiger partial charge in [0, 0.05) is 12.1 Å². The number of thioether (sulfide) groups is 1. The summed E-state index contributed by atoms with van der Waals surface area (Å²) in [6, 6.07) is 8.33. The lowest BCUT2D eigenvalue weighted by atomic mass is 9.98. The zero-order valence-electron chi connectivity index (χ0n) is 26.6. The highest BCUT2D eigenvalue weighted by Gasteiger charge is 2.37. The topological polar surface area (TPSA) is 108 Å². The monoisotopic (exact) mass is 633 g/mol. The van der Waals surface area contributed by atoms with Gasteiger partial charge in [-0.1, -0.05) is 74.5 Å². The summed E-state index contributed by atoms with van der Waals surface area (Å²) >= 11 is 8.01. The minimum Gasteiger partial charge on any atom is -0.507 e. The Morgan fingerprint density at radius 3 is 2.30 bits per heavy atom. The van der Waals surface area contributed by atoms with Gasteiger partial charge in [-0.25, -0.2) is 4.79 Å². The molecule has 0 saturated heterocycles. The number of benzene rings is 2. The van der Waals surface area contributed by atoms with Gasteiger partial charge in [-0.2, -0.15) is 11.8 Å². The number of aryl methyl sites for hydroxylation is 2. The summed E-state index contributed by atoms with van der Waals surface area (Å²) in [6.45, 7) is 11.2. The molecule has 0 spiro atoms. The first-order valence-corrected chi connectivity index (χ1v) is 16.7. The Bertz CT molecular complexity index is 1210. The van der Waals surface area contributed by atoms with E-state index in [4.69, 9.17) is 16.3 Å². The van der Waals surface area contributed by atoms with Gasteiger partial charge in [-0.05, 0) is 76.7 Å². The van der Waals surface area contributed by atoms with Crippen molar-refractivity contribution in [3.63, 3.8) is 0 Å². The maximum Gasteiger partial charge on any atom is 0.408 e. The first kappa shape index (κ1) is 36.3. The van der Waals surface area contributed by atoms with E-state index in [1.165, 1.54) is 4.90 Å². The van der Waals surface area contributed by atoms with E-state index in [-0.39, 0.29) is 12.3 Å². The fourth-order valence-electron chi connectivity index (χ4n) is 4.73. The molecule has 2 aromatic carbocycles. The predicted octanol–water partition coefficient (Wildman–Crippen LogP) is 7.79. The number of hydrogen-bond donors (Lipinski definition) is 3. The zero-order chi connectivity index (χ0) is 32.2. The molecule has 3 N–H and O–H groups in total. The molecule has 43 heavy (non-hydrogen) atoms. The minimum absolute atomic E-state index is 0.0666. The number of rotatable bonds is 15. The number of phenolic OH excluding ortho intramolecular Hbond substituents is 1. The van der Waals surface area contributed by atoms with Crippen molar-refractivity contribution in [2.75, 3.05) is 23.9 Å². The molecule has 0 aliphatic rings. The van der Waals surface area contributed by atoms with Gasteiger partial charge in [0.25, 0.3) is 5.91 Å². The lowest BCUT2D eigenvalue weighted by Gasteiger charge is -2.35. The Labute approximate surface area is 266 Å². The van der Waals surface area contributed by atoms with Gasteiger partial charge in [-0.15, -0.1) is 0 Å². The van der Waals surface area contributed by atoms with Crippen LogP contribution < -0.4 is 10.6 Å². The number of ether oxygens (including phenoxy) is 1. The van der Waals surface area contributed by atoms with Gasteiger partial charge in [0.05, 0.1) is 10.7 Å². The summed E-state index contributed by atoms with van der Waals surface area (Å²) in [5.74, 6) is -0.405. The summed E-state index contributed by atoms with van der Waals surface area (Å²) in [4.78, 5) is 43.0. The summed E-state index contributed by atoms with van der Waals surface area (Å²) in [5.41, 5.74) is 1.32. The van der Waals surface area contributed by atoms with Crippen molar-refractivity contribution in [2.45, 2.75) is 97.8 Å². The number of carbonyl (C=O) groups is 3. The van der Waals surface area contributed by atoms with Gasteiger partial charge in [0.1, 0.15) is 23.4 Å². The molecule has 0 heterocycles. The predicted molar refractivity (Wildman–Crippen MR) is 177 cm³/mol. The Morgan fingerprint density at radius 2 is 1.67 bits per heavy atom. The summed E-state index contributed by atoms with van der Waals surface area (Å²) in [6.07, 6.45) is 6.20. The maximum absolute atomic E-state index is 14.4. The van der Waals surface area contributed by atoms with Crippen molar-refractivity contribution in [2.24, 2.45) is 0 Å². The Balaban J connectivity index is 2.62. The number of hydrogen-bond acceptors (Lipinski definition) is 6. The molecule has 2 aromatic rings. The van der Waals surface area contributed by atoms with Crippen LogP contribution in [-0.4, -0.2) is 58.1 Å². The van der Waals surface area contributed by atoms with Crippen LogP contribution in [0.3, 0.4) is 0 Å². The Hall–Kier alpha value is -2.91. The van der Waals surface area contributed by atoms with E-state index >= 15 is 0 Å². The van der Waals surface area contributed by atoms with Crippen LogP contribution in [0, 0.1) is 13.8 Å². The number of alkyl carbamates (subject to hydrolysis) is 1. The van der Waals surface area contributed by atoms with E-state index in [0.29, 0.717) is 40.4 Å². The Morgan fingerprint density at radius 1 is 1.02 bits per heavy atom. The highest BCUT2D eigenvalue weighted by molar-refractivity contribution is 7.98. The third-order valence-corrected chi connectivity index (χ3v) is 7.94. The number of halogens is 1. The van der Waals surface area contributed by atoms with Crippen LogP contribution in [-0.2, 0) is 14.3 Å². The van der Waals surface area contributed by atoms with Gasteiger partial charge in [0.2, 0.25) is 5.91 Å². The normalized spacial score (nSPS) is 12.7. The molecule has 10 heteroatoms. The van der Waals surface area contributed by atoms with Crippen molar-refractivity contribution < 1.29 is 24.2 Å². The van der Waals surface area contributed by atoms with Crippen molar-refractivity contribution >= 4 is 47.0 Å². The van der Waals surface area contributed by atoms with Crippen LogP contribution in [0.1, 0.15) is 89.0 Å². The third-order valence-electron chi connectivity index (χ3n) is 6.98. The number of unbranched alkanes of at least 4 members (excludes halogenated alkanes) is 4. The van der Waals surface area contributed by atoms with E-state index < -0.39 is 35.6 Å². The quantitative estimate of drug-likeness (QED) is 0.173. The first-order chi connectivity index (χ1) is 20.3. The SMILES string of the molecule is CCCCCCCN(C(=O)C(CCSC)NC(=O)OC(C)(C)C)C(C(=O)Nc1c(C)cccc1Cl)c1cccc(C)c1O. The average Bonchev–Trinajstić information content (AvgIpc) is 2.93. The van der Waals surface area contributed by atoms with Gasteiger partial charge < -0.3 is 25.4 Å². The number of nitrogens with zero attached hydrogens (tertiary/aromatic N) is 1. The second-order valence-electron chi connectivity index (χ2n) is 11.8. The largest absolute Gasteiger partial charge is 0.507 e. The van der Waals surface area contributed by atoms with Crippen LogP contribution >= 0.6 is 23.4 Å². The fourth-order valence-corrected chi connectivity index (χ4v) is 5.47. The lowest BCUT2D eigenvalue weighted by molar-refractivity contribution is -0.141. The van der Waals surface area contributed by atoms with Gasteiger partial charge >= 0.3 is 6.09 Å². The van der Waals surface area contributed by atoms with Gasteiger partial charge in [0.15, 0.2) is 0 Å². The maximum atomic E-state index is 14.4. The molecule has 0 aromatic heterocycles. The number of amides is 3. The van der Waals surface area contributed by atoms with Crippen LogP contribution in [0.25, 0.3) is 0 Å². The molecule has 3 amide bonds. The molecule has 0 aliphatic heterocycles. The van der Waals surface area contributed by atoms with Crippen LogP contribution in [0.4, 0.5) is 10.5 Å². The van der Waals surface area contributed by atoms with Crippen LogP contribution in [0.2, 0.25) is 5.02 Å². The van der Waals surface area contributed by atoms with Crippen molar-refractivity contribution in [1.29, 1.82) is 0 Å². The molecule has 238 valence electrons. The molecule has 2 unspecified atom stereocenters. The summed E-state index contributed by atoms with van der Waals surface area (Å²) in [7, 11) is 0. The van der Waals surface area contributed by atoms with Crippen molar-refractivity contribution in [3.8, 4) is 5.75 Å². The molecule has 0 fully saturated rings. The second kappa shape index (κ2) is 17.4. The van der Waals surface area contributed by atoms with Crippen LogP contribution in [0.5, 0.6) is 5.75 Å². The number of anilines is 1. The molecule has 2 atom stereocenters. The Kier molecular flexibility index (Phi) is 14.7. The summed E-state index contributed by atoms with van der Waals surface area (Å²) < 4.78 is 5.47. The third kappa shape index (κ3) is 11.3. The van der Waals surface area contributed by atoms with Crippen LogP contribution in [0.15, 0.2) is 36.4 Å². The molecular weight excluding hydrogens is 586 g/mol. The minimum atomic E-state index is -1.19. The van der Waals surface area contributed by atoms with Crippen molar-refractivity contribution in [1.82, 2.24) is 10.2 Å². The standard InChI is InChI=1S/C33H48ClN3O5S/c1-8-9-10-11-12-20-37(31(40)26(19-21-43-7)35-32(41)42-33(4,5)6)28(24-17-13-16-23(3)29(24)38)30(39)36-27-22(2)15-14-18-25(27)34/h13-18,26,28,38H,8-12,19-21H2,1-7H3,(H,35,41)(H,36,39). The highest BCUT2D eigenvalue weighted by Crippen LogP contribution is 2.35. The molecule has 0 radical (unpaired) electrons. The first-order valence-electron chi connectivity index (χ1n) is 14.9. The molecule has 0 bridgehead atoms. The number of nitrogens with one attached hydrogen (secondary N) is 2. The molecular formula is C33H48ClN3O5S. The highest BCUT2D eigenvalue weighted by atomic mass is 35.5. The van der Waals surface area contributed by atoms with E-state index in [9.17, 15) is 19.5 Å². The number of aromatic hydroxyl groups is 1. The molecule has 8 nitrogen and oxygen atoms in total. The van der Waals surface area contributed by atoms with E-state index in [2.05, 4.69) is 17.6 Å². The fraction of sp³-hybridized carbons (Fsp3) is 0.545. The summed E-state index contributed by atoms with van der Waals surface area (Å²) in [5, 5.41) is 17.2. The molecule has 2 rings (SSSR count). The lowest BCUT2D eigenvalue weighted by Crippen LogP contribution is -2.53. The van der Waals surface area contributed by atoms with Crippen molar-refractivity contribution in [3.05, 3.63) is 58.1 Å². The van der Waals surface area contributed by atoms with E-state index in [0.717, 1.165) is 31.2 Å². The number of para-hydroxylation sites is 2. The smallest absolute Gasteiger partial charge is 0.408 e.